The first-order valence-corrected chi connectivity index (χ1v) is 5.52. The lowest BCUT2D eigenvalue weighted by Crippen LogP contribution is -2.32. The fraction of sp³-hybridized carbons (Fsp3) is 0.538. The Labute approximate surface area is 92.2 Å². The maximum atomic E-state index is 5.73. The van der Waals surface area contributed by atoms with Crippen LogP contribution in [0.4, 0.5) is 0 Å². The molecule has 0 N–H and O–H groups in total. The summed E-state index contributed by atoms with van der Waals surface area (Å²) in [4.78, 5) is 0. The summed E-state index contributed by atoms with van der Waals surface area (Å²) in [5.74, 6) is 0.301. The molecule has 2 nitrogen and oxygen atoms in total. The second-order valence-electron chi connectivity index (χ2n) is 4.02. The second-order valence-corrected chi connectivity index (χ2v) is 4.02. The SMILES string of the molecule is CCCCOC(C)(C)Oc1ccccc1. The molecule has 0 aliphatic rings. The Kier molecular flexibility index (Phi) is 4.63. The van der Waals surface area contributed by atoms with E-state index in [1.54, 1.807) is 0 Å². The molecule has 0 aromatic heterocycles. The van der Waals surface area contributed by atoms with E-state index in [1.165, 1.54) is 0 Å². The lowest BCUT2D eigenvalue weighted by molar-refractivity contribution is -0.156. The van der Waals surface area contributed by atoms with Crippen LogP contribution in [-0.4, -0.2) is 12.4 Å². The molecule has 0 aliphatic heterocycles. The highest BCUT2D eigenvalue weighted by Gasteiger charge is 2.19. The summed E-state index contributed by atoms with van der Waals surface area (Å²) in [6, 6.07) is 9.75. The van der Waals surface area contributed by atoms with Crippen molar-refractivity contribution in [2.45, 2.75) is 39.4 Å². The Morgan fingerprint density at radius 3 is 2.40 bits per heavy atom. The molecule has 1 rings (SSSR count). The van der Waals surface area contributed by atoms with Gasteiger partial charge in [-0.25, -0.2) is 0 Å². The van der Waals surface area contributed by atoms with E-state index in [0.29, 0.717) is 0 Å². The maximum absolute atomic E-state index is 5.73. The molecule has 0 heterocycles. The standard InChI is InChI=1S/C13H20O2/c1-4-5-11-14-13(2,3)15-12-9-7-6-8-10-12/h6-10H,4-5,11H2,1-3H3. The summed E-state index contributed by atoms with van der Waals surface area (Å²) in [7, 11) is 0. The molecule has 0 aliphatic carbocycles. The van der Waals surface area contributed by atoms with Crippen LogP contribution in [-0.2, 0) is 4.74 Å². The Balaban J connectivity index is 2.42. The Hall–Kier alpha value is -1.02. The van der Waals surface area contributed by atoms with Gasteiger partial charge in [0.05, 0.1) is 6.61 Å². The van der Waals surface area contributed by atoms with E-state index in [9.17, 15) is 0 Å². The number of ether oxygens (including phenoxy) is 2. The summed E-state index contributed by atoms with van der Waals surface area (Å²) in [5, 5.41) is 0. The zero-order valence-corrected chi connectivity index (χ0v) is 9.82. The third kappa shape index (κ3) is 4.84. The predicted octanol–water partition coefficient (Wildman–Crippen LogP) is 3.62. The molecule has 0 amide bonds. The number of benzene rings is 1. The van der Waals surface area contributed by atoms with Crippen LogP contribution < -0.4 is 4.74 Å². The van der Waals surface area contributed by atoms with Crippen LogP contribution in [0, 0.1) is 0 Å². The number of rotatable bonds is 6. The summed E-state index contributed by atoms with van der Waals surface area (Å²) in [5.41, 5.74) is 0. The molecular formula is C13H20O2. The summed E-state index contributed by atoms with van der Waals surface area (Å²) < 4.78 is 11.4. The quantitative estimate of drug-likeness (QED) is 0.525. The molecule has 0 saturated heterocycles. The highest BCUT2D eigenvalue weighted by molar-refractivity contribution is 5.21. The largest absolute Gasteiger partial charge is 0.463 e. The van der Waals surface area contributed by atoms with Crippen LogP contribution in [0.3, 0.4) is 0 Å². The van der Waals surface area contributed by atoms with Gasteiger partial charge in [0.1, 0.15) is 5.75 Å². The van der Waals surface area contributed by atoms with Crippen molar-refractivity contribution in [1.82, 2.24) is 0 Å². The number of unbranched alkanes of at least 4 members (excludes halogenated alkanes) is 1. The molecule has 0 unspecified atom stereocenters. The zero-order valence-electron chi connectivity index (χ0n) is 9.82. The number of hydrogen-bond acceptors (Lipinski definition) is 2. The molecule has 0 saturated carbocycles. The van der Waals surface area contributed by atoms with Crippen LogP contribution in [0.5, 0.6) is 5.75 Å². The van der Waals surface area contributed by atoms with Crippen molar-refractivity contribution in [2.75, 3.05) is 6.61 Å². The van der Waals surface area contributed by atoms with Gasteiger partial charge in [-0.05, 0) is 18.6 Å². The zero-order chi connectivity index (χ0) is 11.1. The first-order valence-electron chi connectivity index (χ1n) is 5.52. The van der Waals surface area contributed by atoms with Crippen molar-refractivity contribution in [2.24, 2.45) is 0 Å². The van der Waals surface area contributed by atoms with Gasteiger partial charge in [0.15, 0.2) is 0 Å². The molecule has 1 aromatic carbocycles. The first-order chi connectivity index (χ1) is 7.14. The summed E-state index contributed by atoms with van der Waals surface area (Å²) in [6.07, 6.45) is 2.21. The maximum Gasteiger partial charge on any atom is 0.204 e. The van der Waals surface area contributed by atoms with E-state index in [2.05, 4.69) is 6.92 Å². The van der Waals surface area contributed by atoms with Gasteiger partial charge in [0, 0.05) is 13.8 Å². The minimum absolute atomic E-state index is 0.545. The van der Waals surface area contributed by atoms with Crippen molar-refractivity contribution in [3.8, 4) is 5.75 Å². The van der Waals surface area contributed by atoms with E-state index in [0.717, 1.165) is 25.2 Å². The van der Waals surface area contributed by atoms with Gasteiger partial charge in [-0.1, -0.05) is 31.5 Å². The predicted molar refractivity (Wildman–Crippen MR) is 62.0 cm³/mol. The minimum Gasteiger partial charge on any atom is -0.463 e. The third-order valence-corrected chi connectivity index (χ3v) is 2.05. The van der Waals surface area contributed by atoms with Crippen molar-refractivity contribution in [3.63, 3.8) is 0 Å². The van der Waals surface area contributed by atoms with Gasteiger partial charge >= 0.3 is 0 Å². The normalized spacial score (nSPS) is 11.4. The number of hydrogen-bond donors (Lipinski definition) is 0. The van der Waals surface area contributed by atoms with E-state index in [-0.39, 0.29) is 0 Å². The Bertz CT molecular complexity index is 267. The molecular weight excluding hydrogens is 188 g/mol. The lowest BCUT2D eigenvalue weighted by Gasteiger charge is -2.26. The molecule has 2 heteroatoms. The van der Waals surface area contributed by atoms with Gasteiger partial charge in [-0.15, -0.1) is 0 Å². The highest BCUT2D eigenvalue weighted by Crippen LogP contribution is 2.18. The Morgan fingerprint density at radius 2 is 1.80 bits per heavy atom. The molecule has 0 spiro atoms. The molecule has 15 heavy (non-hydrogen) atoms. The van der Waals surface area contributed by atoms with Crippen LogP contribution >= 0.6 is 0 Å². The molecule has 0 radical (unpaired) electrons. The molecule has 0 atom stereocenters. The molecule has 0 fully saturated rings. The van der Waals surface area contributed by atoms with Gasteiger partial charge in [0.2, 0.25) is 5.79 Å². The minimum atomic E-state index is -0.545. The van der Waals surface area contributed by atoms with E-state index in [4.69, 9.17) is 9.47 Å². The fourth-order valence-electron chi connectivity index (χ4n) is 1.26. The third-order valence-electron chi connectivity index (χ3n) is 2.05. The monoisotopic (exact) mass is 208 g/mol. The molecule has 1 aromatic rings. The molecule has 0 bridgehead atoms. The van der Waals surface area contributed by atoms with Gasteiger partial charge < -0.3 is 9.47 Å². The van der Waals surface area contributed by atoms with Crippen LogP contribution in [0.2, 0.25) is 0 Å². The van der Waals surface area contributed by atoms with Crippen molar-refractivity contribution < 1.29 is 9.47 Å². The lowest BCUT2D eigenvalue weighted by atomic mass is 10.3. The fourth-order valence-corrected chi connectivity index (χ4v) is 1.26. The Morgan fingerprint density at radius 1 is 1.13 bits per heavy atom. The smallest absolute Gasteiger partial charge is 0.204 e. The van der Waals surface area contributed by atoms with Crippen molar-refractivity contribution >= 4 is 0 Å². The van der Waals surface area contributed by atoms with Gasteiger partial charge in [-0.3, -0.25) is 0 Å². The van der Waals surface area contributed by atoms with Crippen LogP contribution in [0.25, 0.3) is 0 Å². The van der Waals surface area contributed by atoms with E-state index >= 15 is 0 Å². The van der Waals surface area contributed by atoms with Gasteiger partial charge in [0.25, 0.3) is 0 Å². The second kappa shape index (κ2) is 5.76. The highest BCUT2D eigenvalue weighted by atomic mass is 16.7. The first kappa shape index (κ1) is 12.1. The van der Waals surface area contributed by atoms with E-state index < -0.39 is 5.79 Å². The van der Waals surface area contributed by atoms with Gasteiger partial charge in [-0.2, -0.15) is 0 Å². The van der Waals surface area contributed by atoms with Crippen molar-refractivity contribution in [3.05, 3.63) is 30.3 Å². The number of para-hydroxylation sites is 1. The van der Waals surface area contributed by atoms with E-state index in [1.807, 2.05) is 44.2 Å². The average Bonchev–Trinajstić information content (AvgIpc) is 2.18. The topological polar surface area (TPSA) is 18.5 Å². The van der Waals surface area contributed by atoms with Crippen molar-refractivity contribution in [1.29, 1.82) is 0 Å². The summed E-state index contributed by atoms with van der Waals surface area (Å²) in [6.45, 7) is 6.77. The van der Waals surface area contributed by atoms with Crippen LogP contribution in [0.1, 0.15) is 33.6 Å². The van der Waals surface area contributed by atoms with Crippen LogP contribution in [0.15, 0.2) is 30.3 Å². The molecule has 84 valence electrons. The average molecular weight is 208 g/mol. The summed E-state index contributed by atoms with van der Waals surface area (Å²) >= 11 is 0.